The minimum atomic E-state index is 0.755. The molecule has 2 aliphatic carbocycles. The number of unbranched alkanes of at least 4 members (excludes halogenated alkanes) is 2. The molecule has 2 aliphatic rings. The molecule has 0 radical (unpaired) electrons. The second-order valence-electron chi connectivity index (χ2n) is 6.54. The summed E-state index contributed by atoms with van der Waals surface area (Å²) in [5.74, 6) is 5.20. The first-order valence-corrected chi connectivity index (χ1v) is 7.05. The summed E-state index contributed by atoms with van der Waals surface area (Å²) in [4.78, 5) is 0. The lowest BCUT2D eigenvalue weighted by molar-refractivity contribution is 0.161. The van der Waals surface area contributed by atoms with Gasteiger partial charge in [0.25, 0.3) is 0 Å². The van der Waals surface area contributed by atoms with E-state index in [-0.39, 0.29) is 0 Å². The summed E-state index contributed by atoms with van der Waals surface area (Å²) in [6, 6.07) is 0. The Bertz CT molecular complexity index is 220. The lowest BCUT2D eigenvalue weighted by atomic mass is 9.72. The summed E-state index contributed by atoms with van der Waals surface area (Å²) >= 11 is 0. The van der Waals surface area contributed by atoms with E-state index in [1.54, 1.807) is 0 Å². The highest BCUT2D eigenvalue weighted by atomic mass is 14.8. The number of rotatable bonds is 6. The van der Waals surface area contributed by atoms with Gasteiger partial charge in [0.1, 0.15) is 0 Å². The third-order valence-corrected chi connectivity index (χ3v) is 5.80. The molecule has 0 saturated heterocycles. The molecule has 0 N–H and O–H groups in total. The van der Waals surface area contributed by atoms with Gasteiger partial charge in [-0.15, -0.1) is 0 Å². The molecule has 0 heteroatoms. The lowest BCUT2D eigenvalue weighted by Gasteiger charge is -2.32. The smallest absolute Gasteiger partial charge is 0.0230 e. The first kappa shape index (κ1) is 11.5. The van der Waals surface area contributed by atoms with E-state index in [2.05, 4.69) is 34.6 Å². The molecule has 0 amide bonds. The highest BCUT2D eigenvalue weighted by molar-refractivity contribution is 5.27. The molecule has 0 heterocycles. The number of hydrogen-bond acceptors (Lipinski definition) is 0. The maximum absolute atomic E-state index is 2.54. The van der Waals surface area contributed by atoms with E-state index in [0.29, 0.717) is 0 Å². The Morgan fingerprint density at radius 3 is 2.20 bits per heavy atom. The molecule has 15 heavy (non-hydrogen) atoms. The van der Waals surface area contributed by atoms with Crippen LogP contribution >= 0.6 is 0 Å². The average Bonchev–Trinajstić information content (AvgIpc) is 3.07. The van der Waals surface area contributed by atoms with Gasteiger partial charge in [-0.2, -0.15) is 0 Å². The molecular weight excluding hydrogens is 180 g/mol. The van der Waals surface area contributed by atoms with Gasteiger partial charge in [-0.1, -0.05) is 60.3 Å². The van der Waals surface area contributed by atoms with Crippen LogP contribution in [0.4, 0.5) is 0 Å². The minimum absolute atomic E-state index is 0.755. The van der Waals surface area contributed by atoms with Crippen molar-refractivity contribution in [3.05, 3.63) is 0 Å². The number of fused-ring (bicyclic) bond motifs is 1. The highest BCUT2D eigenvalue weighted by Crippen LogP contribution is 2.84. The fourth-order valence-electron chi connectivity index (χ4n) is 4.27. The predicted octanol–water partition coefficient (Wildman–Crippen LogP) is 4.74. The molecule has 0 bridgehead atoms. The molecule has 0 spiro atoms. The normalized spacial score (nSPS) is 45.8. The van der Waals surface area contributed by atoms with Crippen molar-refractivity contribution in [1.82, 2.24) is 0 Å². The second kappa shape index (κ2) is 3.79. The Labute approximate surface area is 95.8 Å². The van der Waals surface area contributed by atoms with E-state index in [4.69, 9.17) is 0 Å². The Morgan fingerprint density at radius 1 is 1.13 bits per heavy atom. The van der Waals surface area contributed by atoms with E-state index < -0.39 is 0 Å². The van der Waals surface area contributed by atoms with Crippen molar-refractivity contribution >= 4 is 0 Å². The van der Waals surface area contributed by atoms with E-state index >= 15 is 0 Å². The van der Waals surface area contributed by atoms with Gasteiger partial charge >= 0.3 is 0 Å². The van der Waals surface area contributed by atoms with Crippen molar-refractivity contribution in [3.63, 3.8) is 0 Å². The van der Waals surface area contributed by atoms with Crippen molar-refractivity contribution < 1.29 is 0 Å². The Morgan fingerprint density at radius 2 is 1.73 bits per heavy atom. The summed E-state index contributed by atoms with van der Waals surface area (Å²) in [6.07, 6.45) is 5.69. The second-order valence-corrected chi connectivity index (χ2v) is 6.54. The highest BCUT2D eigenvalue weighted by Gasteiger charge is 2.80. The van der Waals surface area contributed by atoms with Crippen molar-refractivity contribution in [2.45, 2.75) is 60.3 Å². The lowest BCUT2D eigenvalue weighted by Crippen LogP contribution is -2.26. The van der Waals surface area contributed by atoms with Crippen molar-refractivity contribution in [2.24, 2.45) is 35.0 Å². The van der Waals surface area contributed by atoms with E-state index in [0.717, 1.165) is 35.0 Å². The zero-order valence-electron chi connectivity index (χ0n) is 11.2. The zero-order valence-corrected chi connectivity index (χ0v) is 11.2. The van der Waals surface area contributed by atoms with Gasteiger partial charge in [-0.3, -0.25) is 0 Å². The van der Waals surface area contributed by atoms with Gasteiger partial charge in [0, 0.05) is 0 Å². The van der Waals surface area contributed by atoms with Crippen LogP contribution in [0.25, 0.3) is 0 Å². The maximum Gasteiger partial charge on any atom is -0.0230 e. The fourth-order valence-corrected chi connectivity index (χ4v) is 4.27. The van der Waals surface area contributed by atoms with Crippen LogP contribution in [-0.2, 0) is 0 Å². The summed E-state index contributed by atoms with van der Waals surface area (Å²) in [7, 11) is 0. The molecule has 0 aromatic heterocycles. The van der Waals surface area contributed by atoms with Crippen molar-refractivity contribution in [1.29, 1.82) is 0 Å². The van der Waals surface area contributed by atoms with Gasteiger partial charge in [0.15, 0.2) is 0 Å². The molecule has 4 atom stereocenters. The topological polar surface area (TPSA) is 0 Å². The average molecular weight is 208 g/mol. The van der Waals surface area contributed by atoms with Crippen LogP contribution in [0.3, 0.4) is 0 Å². The number of hydrogen-bond donors (Lipinski definition) is 0. The summed E-state index contributed by atoms with van der Waals surface area (Å²) in [6.45, 7) is 12.3. The van der Waals surface area contributed by atoms with Gasteiger partial charge in [-0.25, -0.2) is 0 Å². The van der Waals surface area contributed by atoms with E-state index in [1.165, 1.54) is 25.7 Å². The molecule has 2 saturated carbocycles. The molecule has 4 unspecified atom stereocenters. The molecular formula is C15H28. The van der Waals surface area contributed by atoms with Crippen molar-refractivity contribution in [2.75, 3.05) is 0 Å². The quantitative estimate of drug-likeness (QED) is 0.553. The van der Waals surface area contributed by atoms with Crippen LogP contribution in [0.5, 0.6) is 0 Å². The van der Waals surface area contributed by atoms with Crippen LogP contribution in [0.1, 0.15) is 60.3 Å². The Hall–Kier alpha value is 0. The molecule has 2 fully saturated rings. The SMILES string of the molecule is CCCCCC(C)C(C)C1(C)C2C(C)C21. The molecule has 0 aromatic carbocycles. The molecule has 0 nitrogen and oxygen atoms in total. The van der Waals surface area contributed by atoms with Crippen LogP contribution < -0.4 is 0 Å². The van der Waals surface area contributed by atoms with Gasteiger partial charge in [-0.05, 0) is 35.0 Å². The molecule has 0 aromatic rings. The molecule has 2 rings (SSSR count). The van der Waals surface area contributed by atoms with E-state index in [9.17, 15) is 0 Å². The third-order valence-electron chi connectivity index (χ3n) is 5.80. The first-order valence-electron chi connectivity index (χ1n) is 7.05. The van der Waals surface area contributed by atoms with E-state index in [1.807, 2.05) is 0 Å². The summed E-state index contributed by atoms with van der Waals surface area (Å²) < 4.78 is 0. The van der Waals surface area contributed by atoms with Crippen LogP contribution in [0.2, 0.25) is 0 Å². The molecule has 88 valence electrons. The Balaban J connectivity index is 1.74. The van der Waals surface area contributed by atoms with Crippen LogP contribution in [-0.4, -0.2) is 0 Å². The van der Waals surface area contributed by atoms with Gasteiger partial charge < -0.3 is 0 Å². The van der Waals surface area contributed by atoms with Crippen molar-refractivity contribution in [3.8, 4) is 0 Å². The zero-order chi connectivity index (χ0) is 11.2. The maximum atomic E-state index is 2.54. The minimum Gasteiger partial charge on any atom is -0.0654 e. The largest absolute Gasteiger partial charge is 0.0654 e. The predicted molar refractivity (Wildman–Crippen MR) is 66.7 cm³/mol. The standard InChI is InChI=1S/C15H28/c1-6-7-8-9-10(2)12(4)15(5)13-11(3)14(13)15/h10-14H,6-9H2,1-5H3. The van der Waals surface area contributed by atoms with Crippen LogP contribution in [0, 0.1) is 35.0 Å². The third kappa shape index (κ3) is 1.65. The van der Waals surface area contributed by atoms with Gasteiger partial charge in [0.2, 0.25) is 0 Å². The first-order chi connectivity index (χ1) is 7.05. The van der Waals surface area contributed by atoms with Gasteiger partial charge in [0.05, 0.1) is 0 Å². The molecule has 0 aliphatic heterocycles. The van der Waals surface area contributed by atoms with Crippen LogP contribution in [0.15, 0.2) is 0 Å². The Kier molecular flexibility index (Phi) is 2.90. The summed E-state index contributed by atoms with van der Waals surface area (Å²) in [5, 5.41) is 0. The monoisotopic (exact) mass is 208 g/mol. The summed E-state index contributed by atoms with van der Waals surface area (Å²) in [5.41, 5.74) is 0.755. The fraction of sp³-hybridized carbons (Fsp3) is 1.00.